The lowest BCUT2D eigenvalue weighted by molar-refractivity contribution is -0.130. The molecule has 15 heavy (non-hydrogen) atoms. The predicted molar refractivity (Wildman–Crippen MR) is 52.8 cm³/mol. The maximum Gasteiger partial charge on any atom is 0.242 e. The smallest absolute Gasteiger partial charge is 0.242 e. The Morgan fingerprint density at radius 1 is 1.53 bits per heavy atom. The Hall–Kier alpha value is -1.59. The van der Waals surface area contributed by atoms with Gasteiger partial charge in [0.05, 0.1) is 5.92 Å². The van der Waals surface area contributed by atoms with Crippen LogP contribution in [0.25, 0.3) is 0 Å². The second kappa shape index (κ2) is 4.77. The van der Waals surface area contributed by atoms with Crippen LogP contribution in [0, 0.1) is 5.92 Å². The minimum Gasteiger partial charge on any atom is -0.357 e. The molecule has 1 saturated heterocycles. The van der Waals surface area contributed by atoms with Gasteiger partial charge in [0.1, 0.15) is 6.04 Å². The molecule has 2 unspecified atom stereocenters. The molecule has 2 atom stereocenters. The third-order valence-corrected chi connectivity index (χ3v) is 2.35. The fourth-order valence-electron chi connectivity index (χ4n) is 1.40. The molecule has 1 fully saturated rings. The molecule has 0 radical (unpaired) electrons. The first-order chi connectivity index (χ1) is 7.04. The van der Waals surface area contributed by atoms with Gasteiger partial charge in [0.25, 0.3) is 0 Å². The monoisotopic (exact) mass is 213 g/mol. The molecule has 6 heteroatoms. The van der Waals surface area contributed by atoms with Gasteiger partial charge >= 0.3 is 0 Å². The molecule has 0 bridgehead atoms. The Bertz CT molecular complexity index is 290. The normalized spacial score (nSPS) is 21.7. The molecule has 84 valence electrons. The maximum absolute atomic E-state index is 11.5. The molecule has 1 heterocycles. The average Bonchev–Trinajstić information content (AvgIpc) is 2.63. The van der Waals surface area contributed by atoms with Crippen molar-refractivity contribution in [3.63, 3.8) is 0 Å². The Morgan fingerprint density at radius 2 is 2.20 bits per heavy atom. The van der Waals surface area contributed by atoms with Gasteiger partial charge in [-0.3, -0.25) is 14.4 Å². The van der Waals surface area contributed by atoms with Crippen molar-refractivity contribution in [1.82, 2.24) is 16.0 Å². The van der Waals surface area contributed by atoms with Crippen LogP contribution in [-0.2, 0) is 14.4 Å². The highest BCUT2D eigenvalue weighted by Gasteiger charge is 2.29. The third kappa shape index (κ3) is 2.93. The lowest BCUT2D eigenvalue weighted by atomic mass is 10.1. The summed E-state index contributed by atoms with van der Waals surface area (Å²) in [5, 5.41) is 7.55. The number of hydrogen-bond acceptors (Lipinski definition) is 3. The van der Waals surface area contributed by atoms with Crippen LogP contribution in [0.3, 0.4) is 0 Å². The second-order valence-corrected chi connectivity index (χ2v) is 3.55. The summed E-state index contributed by atoms with van der Waals surface area (Å²) in [6.45, 7) is 1.95. The van der Waals surface area contributed by atoms with Gasteiger partial charge in [-0.15, -0.1) is 0 Å². The van der Waals surface area contributed by atoms with Crippen LogP contribution >= 0.6 is 0 Å². The molecule has 0 saturated carbocycles. The van der Waals surface area contributed by atoms with Crippen molar-refractivity contribution < 1.29 is 14.4 Å². The first-order valence-electron chi connectivity index (χ1n) is 4.83. The van der Waals surface area contributed by atoms with Crippen molar-refractivity contribution in [3.05, 3.63) is 0 Å². The maximum atomic E-state index is 11.5. The van der Waals surface area contributed by atoms with E-state index in [1.807, 2.05) is 0 Å². The van der Waals surface area contributed by atoms with Crippen LogP contribution in [0.1, 0.15) is 13.3 Å². The number of nitrogens with one attached hydrogen (secondary N) is 3. The van der Waals surface area contributed by atoms with E-state index in [2.05, 4.69) is 16.0 Å². The van der Waals surface area contributed by atoms with E-state index in [-0.39, 0.29) is 30.1 Å². The van der Waals surface area contributed by atoms with Crippen LogP contribution < -0.4 is 16.0 Å². The van der Waals surface area contributed by atoms with Crippen molar-refractivity contribution in [2.45, 2.75) is 19.4 Å². The first kappa shape index (κ1) is 11.5. The van der Waals surface area contributed by atoms with E-state index in [9.17, 15) is 14.4 Å². The van der Waals surface area contributed by atoms with E-state index in [4.69, 9.17) is 0 Å². The van der Waals surface area contributed by atoms with Crippen molar-refractivity contribution in [1.29, 1.82) is 0 Å². The zero-order valence-electron chi connectivity index (χ0n) is 8.79. The van der Waals surface area contributed by atoms with Crippen LogP contribution in [0.15, 0.2) is 0 Å². The zero-order valence-corrected chi connectivity index (χ0v) is 8.79. The Balaban J connectivity index is 2.42. The minimum absolute atomic E-state index is 0.122. The van der Waals surface area contributed by atoms with Crippen LogP contribution in [-0.4, -0.2) is 37.4 Å². The number of rotatable bonds is 3. The second-order valence-electron chi connectivity index (χ2n) is 3.55. The molecule has 3 N–H and O–H groups in total. The largest absolute Gasteiger partial charge is 0.357 e. The quantitative estimate of drug-likeness (QED) is 0.526. The zero-order chi connectivity index (χ0) is 11.4. The fraction of sp³-hybridized carbons (Fsp3) is 0.667. The topological polar surface area (TPSA) is 87.3 Å². The van der Waals surface area contributed by atoms with Crippen LogP contribution in [0.5, 0.6) is 0 Å². The fourth-order valence-corrected chi connectivity index (χ4v) is 1.40. The van der Waals surface area contributed by atoms with Gasteiger partial charge in [-0.05, 0) is 6.92 Å². The van der Waals surface area contributed by atoms with Gasteiger partial charge in [0.2, 0.25) is 17.7 Å². The molecule has 0 spiro atoms. The highest BCUT2D eigenvalue weighted by Crippen LogP contribution is 2.08. The summed E-state index contributed by atoms with van der Waals surface area (Å²) in [5.74, 6) is -0.988. The Kier molecular flexibility index (Phi) is 3.65. The summed E-state index contributed by atoms with van der Waals surface area (Å²) < 4.78 is 0. The molecule has 3 amide bonds. The predicted octanol–water partition coefficient (Wildman–Crippen LogP) is -1.63. The Morgan fingerprint density at radius 3 is 2.67 bits per heavy atom. The lowest BCUT2D eigenvalue weighted by Gasteiger charge is -2.14. The van der Waals surface area contributed by atoms with E-state index < -0.39 is 6.04 Å². The first-order valence-corrected chi connectivity index (χ1v) is 4.83. The van der Waals surface area contributed by atoms with Crippen LogP contribution in [0.2, 0.25) is 0 Å². The van der Waals surface area contributed by atoms with Gasteiger partial charge in [-0.1, -0.05) is 0 Å². The molecule has 0 aromatic rings. The van der Waals surface area contributed by atoms with Crippen molar-refractivity contribution >= 4 is 17.7 Å². The summed E-state index contributed by atoms with van der Waals surface area (Å²) >= 11 is 0. The van der Waals surface area contributed by atoms with E-state index >= 15 is 0 Å². The number of hydrogen-bond donors (Lipinski definition) is 3. The molecular weight excluding hydrogens is 198 g/mol. The van der Waals surface area contributed by atoms with E-state index in [1.165, 1.54) is 7.05 Å². The Labute approximate surface area is 87.8 Å². The third-order valence-electron chi connectivity index (χ3n) is 2.35. The molecule has 0 aliphatic carbocycles. The summed E-state index contributed by atoms with van der Waals surface area (Å²) in [5.41, 5.74) is 0. The van der Waals surface area contributed by atoms with E-state index in [0.717, 1.165) is 0 Å². The highest BCUT2D eigenvalue weighted by molar-refractivity contribution is 5.92. The van der Waals surface area contributed by atoms with E-state index in [0.29, 0.717) is 6.54 Å². The SMILES string of the molecule is CNC(=O)C(C)NC(=O)C1CNC(=O)C1. The van der Waals surface area contributed by atoms with Gasteiger partial charge < -0.3 is 16.0 Å². The molecule has 0 aromatic carbocycles. The van der Waals surface area contributed by atoms with Crippen molar-refractivity contribution in [2.75, 3.05) is 13.6 Å². The van der Waals surface area contributed by atoms with Gasteiger partial charge in [0.15, 0.2) is 0 Å². The molecule has 1 aliphatic rings. The average molecular weight is 213 g/mol. The van der Waals surface area contributed by atoms with Crippen LogP contribution in [0.4, 0.5) is 0 Å². The summed E-state index contributed by atoms with van der Waals surface area (Å²) in [4.78, 5) is 33.5. The van der Waals surface area contributed by atoms with Crippen molar-refractivity contribution in [2.24, 2.45) is 5.92 Å². The van der Waals surface area contributed by atoms with Gasteiger partial charge in [-0.2, -0.15) is 0 Å². The molecule has 6 nitrogen and oxygen atoms in total. The summed E-state index contributed by atoms with van der Waals surface area (Å²) in [6, 6.07) is -0.571. The molecule has 1 aliphatic heterocycles. The molecular formula is C9H15N3O3. The van der Waals surface area contributed by atoms with E-state index in [1.54, 1.807) is 6.92 Å². The van der Waals surface area contributed by atoms with Gasteiger partial charge in [-0.25, -0.2) is 0 Å². The summed E-state index contributed by atoms with van der Waals surface area (Å²) in [7, 11) is 1.51. The molecule has 0 aromatic heterocycles. The molecule has 1 rings (SSSR count). The number of likely N-dealkylation sites (N-methyl/N-ethyl adjacent to an activating group) is 1. The summed E-state index contributed by atoms with van der Waals surface area (Å²) in [6.07, 6.45) is 0.201. The standard InChI is InChI=1S/C9H15N3O3/c1-5(8(14)10-2)12-9(15)6-3-7(13)11-4-6/h5-6H,3-4H2,1-2H3,(H,10,14)(H,11,13)(H,12,15). The number of amides is 3. The van der Waals surface area contributed by atoms with Crippen molar-refractivity contribution in [3.8, 4) is 0 Å². The number of carbonyl (C=O) groups excluding carboxylic acids is 3. The highest BCUT2D eigenvalue weighted by atomic mass is 16.2. The minimum atomic E-state index is -0.571. The lowest BCUT2D eigenvalue weighted by Crippen LogP contribution is -2.46. The van der Waals surface area contributed by atoms with Gasteiger partial charge in [0, 0.05) is 20.0 Å². The number of carbonyl (C=O) groups is 3.